The zero-order valence-corrected chi connectivity index (χ0v) is 15.5. The summed E-state index contributed by atoms with van der Waals surface area (Å²) in [6, 6.07) is 12.2. The van der Waals surface area contributed by atoms with Crippen LogP contribution in [0, 0.1) is 6.92 Å². The minimum atomic E-state index is 0.247. The normalized spacial score (nSPS) is 14.4. The molecule has 0 spiro atoms. The average molecular weight is 354 g/mol. The van der Waals surface area contributed by atoms with E-state index < -0.39 is 0 Å². The molecule has 1 aromatic heterocycles. The molecule has 1 aliphatic heterocycles. The van der Waals surface area contributed by atoms with Gasteiger partial charge in [-0.3, -0.25) is 4.79 Å². The SMILES string of the molecule is COc1cc(N2CCN(C(=O)CCCc3ccccc3)CC2)nc(C)n1. The molecule has 0 saturated carbocycles. The second-order valence-electron chi connectivity index (χ2n) is 6.52. The topological polar surface area (TPSA) is 58.6 Å². The number of aromatic nitrogens is 2. The third-order valence-corrected chi connectivity index (χ3v) is 4.67. The minimum absolute atomic E-state index is 0.247. The quantitative estimate of drug-likeness (QED) is 0.798. The van der Waals surface area contributed by atoms with E-state index in [-0.39, 0.29) is 5.91 Å². The summed E-state index contributed by atoms with van der Waals surface area (Å²) in [5.41, 5.74) is 1.29. The Kier molecular flexibility index (Phi) is 6.04. The molecule has 2 heterocycles. The summed E-state index contributed by atoms with van der Waals surface area (Å²) in [7, 11) is 1.61. The Balaban J connectivity index is 1.47. The van der Waals surface area contributed by atoms with Gasteiger partial charge in [-0.15, -0.1) is 0 Å². The lowest BCUT2D eigenvalue weighted by atomic mass is 10.1. The molecule has 0 bridgehead atoms. The van der Waals surface area contributed by atoms with Crippen molar-refractivity contribution in [2.75, 3.05) is 38.2 Å². The van der Waals surface area contributed by atoms with Gasteiger partial charge in [0.2, 0.25) is 11.8 Å². The van der Waals surface area contributed by atoms with Crippen molar-refractivity contribution >= 4 is 11.7 Å². The van der Waals surface area contributed by atoms with Gasteiger partial charge in [-0.25, -0.2) is 4.98 Å². The van der Waals surface area contributed by atoms with Gasteiger partial charge < -0.3 is 14.5 Å². The van der Waals surface area contributed by atoms with Crippen molar-refractivity contribution in [2.24, 2.45) is 0 Å². The maximum atomic E-state index is 12.4. The van der Waals surface area contributed by atoms with Crippen LogP contribution in [0.2, 0.25) is 0 Å². The highest BCUT2D eigenvalue weighted by molar-refractivity contribution is 5.76. The Hall–Kier alpha value is -2.63. The summed E-state index contributed by atoms with van der Waals surface area (Å²) < 4.78 is 5.22. The van der Waals surface area contributed by atoms with E-state index in [9.17, 15) is 4.79 Å². The fourth-order valence-corrected chi connectivity index (χ4v) is 3.22. The fraction of sp³-hybridized carbons (Fsp3) is 0.450. The molecule has 138 valence electrons. The molecule has 2 aromatic rings. The largest absolute Gasteiger partial charge is 0.481 e. The number of ether oxygens (including phenoxy) is 1. The number of carbonyl (C=O) groups is 1. The van der Waals surface area contributed by atoms with Gasteiger partial charge in [-0.05, 0) is 25.3 Å². The zero-order valence-electron chi connectivity index (χ0n) is 15.5. The standard InChI is InChI=1S/C20H26N4O2/c1-16-21-18(15-19(22-16)26-2)23-11-13-24(14-12-23)20(25)10-6-9-17-7-4-3-5-8-17/h3-5,7-8,15H,6,9-14H2,1-2H3. The van der Waals surface area contributed by atoms with Gasteiger partial charge in [0, 0.05) is 38.7 Å². The van der Waals surface area contributed by atoms with E-state index in [4.69, 9.17) is 4.74 Å². The van der Waals surface area contributed by atoms with Crippen molar-refractivity contribution < 1.29 is 9.53 Å². The number of hydrogen-bond acceptors (Lipinski definition) is 5. The van der Waals surface area contributed by atoms with E-state index in [1.165, 1.54) is 5.56 Å². The summed E-state index contributed by atoms with van der Waals surface area (Å²) in [4.78, 5) is 25.3. The smallest absolute Gasteiger partial charge is 0.222 e. The first kappa shape index (κ1) is 18.2. The van der Waals surface area contributed by atoms with Crippen LogP contribution in [0.25, 0.3) is 0 Å². The van der Waals surface area contributed by atoms with Crippen molar-refractivity contribution in [2.45, 2.75) is 26.2 Å². The molecule has 0 N–H and O–H groups in total. The predicted octanol–water partition coefficient (Wildman–Crippen LogP) is 2.47. The molecule has 0 atom stereocenters. The number of anilines is 1. The van der Waals surface area contributed by atoms with E-state index in [0.717, 1.165) is 44.8 Å². The van der Waals surface area contributed by atoms with Gasteiger partial charge >= 0.3 is 0 Å². The molecule has 1 fully saturated rings. The van der Waals surface area contributed by atoms with Crippen LogP contribution in [0.4, 0.5) is 5.82 Å². The number of piperazine rings is 1. The van der Waals surface area contributed by atoms with Gasteiger partial charge in [0.15, 0.2) is 0 Å². The molecule has 0 radical (unpaired) electrons. The number of nitrogens with zero attached hydrogens (tertiary/aromatic N) is 4. The second-order valence-corrected chi connectivity index (χ2v) is 6.52. The van der Waals surface area contributed by atoms with Crippen LogP contribution < -0.4 is 9.64 Å². The van der Waals surface area contributed by atoms with Crippen LogP contribution in [0.3, 0.4) is 0 Å². The number of amides is 1. The summed E-state index contributed by atoms with van der Waals surface area (Å²) >= 11 is 0. The summed E-state index contributed by atoms with van der Waals surface area (Å²) in [5.74, 6) is 2.38. The highest BCUT2D eigenvalue weighted by Gasteiger charge is 2.22. The number of rotatable bonds is 6. The molecule has 26 heavy (non-hydrogen) atoms. The minimum Gasteiger partial charge on any atom is -0.481 e. The Morgan fingerprint density at radius 3 is 2.54 bits per heavy atom. The van der Waals surface area contributed by atoms with E-state index >= 15 is 0 Å². The summed E-state index contributed by atoms with van der Waals surface area (Å²) in [5, 5.41) is 0. The first-order chi connectivity index (χ1) is 12.7. The van der Waals surface area contributed by atoms with Crippen LogP contribution in [0.5, 0.6) is 5.88 Å². The summed E-state index contributed by atoms with van der Waals surface area (Å²) in [6.45, 7) is 4.89. The third kappa shape index (κ3) is 4.71. The Morgan fingerprint density at radius 2 is 1.85 bits per heavy atom. The number of methoxy groups -OCH3 is 1. The van der Waals surface area contributed by atoms with Crippen molar-refractivity contribution in [3.8, 4) is 5.88 Å². The molecule has 0 aliphatic carbocycles. The maximum absolute atomic E-state index is 12.4. The molecule has 0 unspecified atom stereocenters. The average Bonchev–Trinajstić information content (AvgIpc) is 2.68. The molecule has 6 nitrogen and oxygen atoms in total. The molecular formula is C20H26N4O2. The van der Waals surface area contributed by atoms with E-state index in [1.54, 1.807) is 7.11 Å². The Bertz CT molecular complexity index is 728. The molecule has 1 aromatic carbocycles. The van der Waals surface area contributed by atoms with Gasteiger partial charge in [0.25, 0.3) is 0 Å². The molecule has 1 amide bonds. The second kappa shape index (κ2) is 8.65. The van der Waals surface area contributed by atoms with Crippen molar-refractivity contribution in [1.29, 1.82) is 0 Å². The highest BCUT2D eigenvalue weighted by Crippen LogP contribution is 2.19. The molecule has 1 aliphatic rings. The number of benzene rings is 1. The Morgan fingerprint density at radius 1 is 1.12 bits per heavy atom. The maximum Gasteiger partial charge on any atom is 0.222 e. The number of carbonyl (C=O) groups excluding carboxylic acids is 1. The van der Waals surface area contributed by atoms with Crippen molar-refractivity contribution in [1.82, 2.24) is 14.9 Å². The third-order valence-electron chi connectivity index (χ3n) is 4.67. The van der Waals surface area contributed by atoms with Crippen molar-refractivity contribution in [3.63, 3.8) is 0 Å². The van der Waals surface area contributed by atoms with E-state index in [2.05, 4.69) is 27.0 Å². The Labute approximate surface area is 154 Å². The van der Waals surface area contributed by atoms with E-state index in [0.29, 0.717) is 18.1 Å². The van der Waals surface area contributed by atoms with Gasteiger partial charge in [0.05, 0.1) is 7.11 Å². The van der Waals surface area contributed by atoms with Gasteiger partial charge in [0.1, 0.15) is 11.6 Å². The predicted molar refractivity (Wildman–Crippen MR) is 101 cm³/mol. The monoisotopic (exact) mass is 354 g/mol. The zero-order chi connectivity index (χ0) is 18.4. The molecule has 3 rings (SSSR count). The lowest BCUT2D eigenvalue weighted by Gasteiger charge is -2.35. The van der Waals surface area contributed by atoms with E-state index in [1.807, 2.05) is 36.1 Å². The number of aryl methyl sites for hydroxylation is 2. The van der Waals surface area contributed by atoms with Crippen LogP contribution in [-0.2, 0) is 11.2 Å². The van der Waals surface area contributed by atoms with Crippen LogP contribution in [0.15, 0.2) is 36.4 Å². The highest BCUT2D eigenvalue weighted by atomic mass is 16.5. The first-order valence-corrected chi connectivity index (χ1v) is 9.12. The lowest BCUT2D eigenvalue weighted by molar-refractivity contribution is -0.131. The molecule has 1 saturated heterocycles. The van der Waals surface area contributed by atoms with Gasteiger partial charge in [-0.1, -0.05) is 30.3 Å². The van der Waals surface area contributed by atoms with Crippen LogP contribution >= 0.6 is 0 Å². The number of hydrogen-bond donors (Lipinski definition) is 0. The van der Waals surface area contributed by atoms with Gasteiger partial charge in [-0.2, -0.15) is 4.98 Å². The molecule has 6 heteroatoms. The van der Waals surface area contributed by atoms with Crippen LogP contribution in [0.1, 0.15) is 24.2 Å². The summed E-state index contributed by atoms with van der Waals surface area (Å²) in [6.07, 6.45) is 2.45. The first-order valence-electron chi connectivity index (χ1n) is 9.12. The lowest BCUT2D eigenvalue weighted by Crippen LogP contribution is -2.49. The van der Waals surface area contributed by atoms with Crippen LogP contribution in [-0.4, -0.2) is 54.1 Å². The van der Waals surface area contributed by atoms with Crippen molar-refractivity contribution in [3.05, 3.63) is 47.8 Å². The fourth-order valence-electron chi connectivity index (χ4n) is 3.22. The molecular weight excluding hydrogens is 328 g/mol.